The molecule has 0 aliphatic carbocycles. The largest absolute Gasteiger partial charge is 0.379 e. The van der Waals surface area contributed by atoms with Gasteiger partial charge in [0.1, 0.15) is 0 Å². The second kappa shape index (κ2) is 7.70. The molecule has 0 aromatic rings. The molecule has 2 aliphatic heterocycles. The third-order valence-corrected chi connectivity index (χ3v) is 5.64. The Bertz CT molecular complexity index is 374. The van der Waals surface area contributed by atoms with Gasteiger partial charge < -0.3 is 4.74 Å². The first kappa shape index (κ1) is 16.2. The Morgan fingerprint density at radius 3 is 2.25 bits per heavy atom. The molecule has 0 aromatic carbocycles. The third-order valence-electron chi connectivity index (χ3n) is 3.89. The molecule has 2 heterocycles. The number of ether oxygens (including phenoxy) is 1. The number of hydrogen-bond donors (Lipinski definition) is 1. The van der Waals surface area contributed by atoms with E-state index in [4.69, 9.17) is 4.74 Å². The molecule has 0 amide bonds. The number of hydrogen-bond acceptors (Lipinski definition) is 4. The van der Waals surface area contributed by atoms with Gasteiger partial charge in [-0.1, -0.05) is 12.8 Å². The van der Waals surface area contributed by atoms with E-state index in [0.29, 0.717) is 13.1 Å². The van der Waals surface area contributed by atoms with Gasteiger partial charge in [0.15, 0.2) is 0 Å². The van der Waals surface area contributed by atoms with Crippen molar-refractivity contribution in [3.63, 3.8) is 0 Å². The summed E-state index contributed by atoms with van der Waals surface area (Å²) in [5, 5.41) is 0. The predicted octanol–water partition coefficient (Wildman–Crippen LogP) is 0.418. The second-order valence-corrected chi connectivity index (χ2v) is 7.45. The quantitative estimate of drug-likeness (QED) is 0.799. The monoisotopic (exact) mass is 305 g/mol. The van der Waals surface area contributed by atoms with Crippen molar-refractivity contribution in [3.05, 3.63) is 0 Å². The lowest BCUT2D eigenvalue weighted by molar-refractivity contribution is 0.0353. The number of morpholine rings is 1. The molecule has 2 saturated heterocycles. The fourth-order valence-corrected chi connectivity index (χ4v) is 4.29. The van der Waals surface area contributed by atoms with Crippen LogP contribution >= 0.6 is 0 Å². The first-order valence-electron chi connectivity index (χ1n) is 7.65. The van der Waals surface area contributed by atoms with Crippen molar-refractivity contribution in [1.29, 1.82) is 0 Å². The Balaban J connectivity index is 1.82. The number of nitrogens with zero attached hydrogens (tertiary/aromatic N) is 2. The summed E-state index contributed by atoms with van der Waals surface area (Å²) in [6.07, 6.45) is 4.21. The third kappa shape index (κ3) is 4.96. The Morgan fingerprint density at radius 2 is 1.65 bits per heavy atom. The van der Waals surface area contributed by atoms with Crippen molar-refractivity contribution in [2.24, 2.45) is 0 Å². The molecule has 20 heavy (non-hydrogen) atoms. The smallest absolute Gasteiger partial charge is 0.279 e. The van der Waals surface area contributed by atoms with E-state index in [1.807, 2.05) is 6.92 Å². The average molecular weight is 305 g/mol. The summed E-state index contributed by atoms with van der Waals surface area (Å²) in [5.74, 6) is 0. The highest BCUT2D eigenvalue weighted by atomic mass is 32.2. The predicted molar refractivity (Wildman–Crippen MR) is 78.8 cm³/mol. The van der Waals surface area contributed by atoms with Gasteiger partial charge in [-0.3, -0.25) is 4.90 Å². The average Bonchev–Trinajstić information content (AvgIpc) is 2.68. The van der Waals surface area contributed by atoms with Gasteiger partial charge in [-0.25, -0.2) is 0 Å². The maximum absolute atomic E-state index is 12.4. The Morgan fingerprint density at radius 1 is 1.05 bits per heavy atom. The second-order valence-electron chi connectivity index (χ2n) is 5.75. The molecule has 6 nitrogen and oxygen atoms in total. The van der Waals surface area contributed by atoms with Crippen LogP contribution in [0.25, 0.3) is 0 Å². The molecule has 1 atom stereocenters. The summed E-state index contributed by atoms with van der Waals surface area (Å²) in [6, 6.07) is -0.0682. The summed E-state index contributed by atoms with van der Waals surface area (Å²) < 4.78 is 34.5. The lowest BCUT2D eigenvalue weighted by Crippen LogP contribution is -2.50. The van der Waals surface area contributed by atoms with Crippen molar-refractivity contribution in [1.82, 2.24) is 13.9 Å². The van der Waals surface area contributed by atoms with E-state index in [1.165, 1.54) is 0 Å². The maximum Gasteiger partial charge on any atom is 0.279 e. The highest BCUT2D eigenvalue weighted by Gasteiger charge is 2.25. The van der Waals surface area contributed by atoms with Gasteiger partial charge >= 0.3 is 0 Å². The van der Waals surface area contributed by atoms with Gasteiger partial charge in [0, 0.05) is 38.8 Å². The van der Waals surface area contributed by atoms with Crippen molar-refractivity contribution in [2.45, 2.75) is 38.6 Å². The molecule has 0 unspecified atom stereocenters. The van der Waals surface area contributed by atoms with Crippen molar-refractivity contribution in [2.75, 3.05) is 45.9 Å². The minimum Gasteiger partial charge on any atom is -0.379 e. The van der Waals surface area contributed by atoms with E-state index in [9.17, 15) is 8.42 Å². The van der Waals surface area contributed by atoms with Crippen molar-refractivity contribution >= 4 is 10.2 Å². The van der Waals surface area contributed by atoms with Crippen LogP contribution in [0.4, 0.5) is 0 Å². The van der Waals surface area contributed by atoms with Crippen LogP contribution < -0.4 is 4.72 Å². The summed E-state index contributed by atoms with van der Waals surface area (Å²) in [4.78, 5) is 2.25. The lowest BCUT2D eigenvalue weighted by atomic mass is 10.2. The molecular formula is C13H27N3O3S. The summed E-state index contributed by atoms with van der Waals surface area (Å²) >= 11 is 0. The molecule has 1 N–H and O–H groups in total. The zero-order valence-electron chi connectivity index (χ0n) is 12.4. The highest BCUT2D eigenvalue weighted by molar-refractivity contribution is 7.87. The number of nitrogens with one attached hydrogen (secondary N) is 1. The van der Waals surface area contributed by atoms with Crippen LogP contribution in [0.5, 0.6) is 0 Å². The Hall–Kier alpha value is -0.210. The van der Waals surface area contributed by atoms with Crippen molar-refractivity contribution in [3.8, 4) is 0 Å². The van der Waals surface area contributed by atoms with Gasteiger partial charge in [0.05, 0.1) is 13.2 Å². The van der Waals surface area contributed by atoms with E-state index in [-0.39, 0.29) is 6.04 Å². The first-order valence-corrected chi connectivity index (χ1v) is 9.09. The Kier molecular flexibility index (Phi) is 6.22. The van der Waals surface area contributed by atoms with E-state index >= 15 is 0 Å². The van der Waals surface area contributed by atoms with Gasteiger partial charge in [0.25, 0.3) is 10.2 Å². The van der Waals surface area contributed by atoms with E-state index in [0.717, 1.165) is 58.5 Å². The standard InChI is InChI=1S/C13H27N3O3S/c1-13(12-15-8-10-19-11-9-15)14-20(17,18)16-6-4-2-3-5-7-16/h13-14H,2-12H2,1H3/t13-/m1/s1. The van der Waals surface area contributed by atoms with Crippen LogP contribution in [0, 0.1) is 0 Å². The number of rotatable bonds is 5. The fourth-order valence-electron chi connectivity index (χ4n) is 2.82. The molecule has 0 saturated carbocycles. The van der Waals surface area contributed by atoms with E-state index in [1.54, 1.807) is 4.31 Å². The van der Waals surface area contributed by atoms with Gasteiger partial charge in [-0.15, -0.1) is 0 Å². The minimum absolute atomic E-state index is 0.0682. The molecule has 0 aromatic heterocycles. The van der Waals surface area contributed by atoms with Crippen LogP contribution in [0.1, 0.15) is 32.6 Å². The van der Waals surface area contributed by atoms with Crippen LogP contribution in [0.3, 0.4) is 0 Å². The van der Waals surface area contributed by atoms with Crippen LogP contribution in [0.2, 0.25) is 0 Å². The SMILES string of the molecule is C[C@H](CN1CCOCC1)NS(=O)(=O)N1CCCCCC1. The molecule has 0 radical (unpaired) electrons. The molecule has 2 aliphatic rings. The molecule has 2 fully saturated rings. The summed E-state index contributed by atoms with van der Waals surface area (Å²) in [6.45, 7) is 7.24. The van der Waals surface area contributed by atoms with Crippen LogP contribution in [0.15, 0.2) is 0 Å². The summed E-state index contributed by atoms with van der Waals surface area (Å²) in [5.41, 5.74) is 0. The van der Waals surface area contributed by atoms with Crippen LogP contribution in [-0.4, -0.2) is 69.6 Å². The van der Waals surface area contributed by atoms with Crippen LogP contribution in [-0.2, 0) is 14.9 Å². The fraction of sp³-hybridized carbons (Fsp3) is 1.00. The normalized spacial score (nSPS) is 25.2. The first-order chi connectivity index (χ1) is 9.58. The molecule has 0 bridgehead atoms. The molecular weight excluding hydrogens is 278 g/mol. The lowest BCUT2D eigenvalue weighted by Gasteiger charge is -2.30. The van der Waals surface area contributed by atoms with Gasteiger partial charge in [-0.05, 0) is 19.8 Å². The topological polar surface area (TPSA) is 61.9 Å². The molecule has 2 rings (SSSR count). The van der Waals surface area contributed by atoms with E-state index in [2.05, 4.69) is 9.62 Å². The maximum atomic E-state index is 12.4. The Labute approximate surface area is 122 Å². The van der Waals surface area contributed by atoms with Gasteiger partial charge in [-0.2, -0.15) is 17.4 Å². The minimum atomic E-state index is -3.33. The van der Waals surface area contributed by atoms with Crippen molar-refractivity contribution < 1.29 is 13.2 Å². The summed E-state index contributed by atoms with van der Waals surface area (Å²) in [7, 11) is -3.33. The van der Waals surface area contributed by atoms with Gasteiger partial charge in [0.2, 0.25) is 0 Å². The van der Waals surface area contributed by atoms with E-state index < -0.39 is 10.2 Å². The highest BCUT2D eigenvalue weighted by Crippen LogP contribution is 2.12. The molecule has 0 spiro atoms. The molecule has 118 valence electrons. The zero-order valence-corrected chi connectivity index (χ0v) is 13.2. The zero-order chi connectivity index (χ0) is 14.4. The molecule has 7 heteroatoms.